The van der Waals surface area contributed by atoms with Crippen molar-refractivity contribution in [3.8, 4) is 0 Å². The first-order valence-corrected chi connectivity index (χ1v) is 8.03. The molecule has 0 unspecified atom stereocenters. The zero-order chi connectivity index (χ0) is 15.9. The van der Waals surface area contributed by atoms with E-state index in [4.69, 9.17) is 5.14 Å². The Labute approximate surface area is 127 Å². The van der Waals surface area contributed by atoms with Gasteiger partial charge in [0.25, 0.3) is 5.91 Å². The molecule has 2 aromatic rings. The normalized spacial score (nSPS) is 15.7. The van der Waals surface area contributed by atoms with Gasteiger partial charge in [0.05, 0.1) is 16.3 Å². The molecule has 0 radical (unpaired) electrons. The Kier molecular flexibility index (Phi) is 3.31. The Balaban J connectivity index is 2.03. The molecular formula is C15H13N3O3S. The number of rotatable bonds is 2. The van der Waals surface area contributed by atoms with E-state index >= 15 is 0 Å². The van der Waals surface area contributed by atoms with Gasteiger partial charge < -0.3 is 5.32 Å². The summed E-state index contributed by atoms with van der Waals surface area (Å²) < 4.78 is 22.4. The summed E-state index contributed by atoms with van der Waals surface area (Å²) >= 11 is 0. The van der Waals surface area contributed by atoms with Gasteiger partial charge in [-0.25, -0.2) is 18.5 Å². The highest BCUT2D eigenvalue weighted by atomic mass is 32.2. The number of hydrogen-bond acceptors (Lipinski definition) is 4. The van der Waals surface area contributed by atoms with E-state index in [1.165, 1.54) is 24.3 Å². The number of nitrogens with zero attached hydrogens (tertiary/aromatic N) is 1. The maximum atomic E-state index is 12.0. The number of hydrogen-bond donors (Lipinski definition) is 2. The Morgan fingerprint density at radius 1 is 1.09 bits per heavy atom. The standard InChI is InChI=1S/C15H13N3O3S/c1-9-2-7-13-12(8-9)14(15(19)18-13)17-10-3-5-11(6-4-10)22(16,20)21/h2-8H,1H3,(H2,16,20,21)(H,17,18,19). The molecule has 3 rings (SSSR count). The number of carbonyl (C=O) groups is 1. The van der Waals surface area contributed by atoms with Gasteiger partial charge in [0.1, 0.15) is 5.71 Å². The molecule has 0 aromatic heterocycles. The van der Waals surface area contributed by atoms with E-state index in [1.54, 1.807) is 0 Å². The van der Waals surface area contributed by atoms with Gasteiger partial charge in [-0.05, 0) is 43.3 Å². The van der Waals surface area contributed by atoms with Crippen LogP contribution in [0.5, 0.6) is 0 Å². The van der Waals surface area contributed by atoms with Gasteiger partial charge >= 0.3 is 0 Å². The lowest BCUT2D eigenvalue weighted by atomic mass is 10.1. The van der Waals surface area contributed by atoms with Gasteiger partial charge in [0.15, 0.2) is 0 Å². The van der Waals surface area contributed by atoms with Crippen LogP contribution in [0.15, 0.2) is 52.4 Å². The monoisotopic (exact) mass is 315 g/mol. The summed E-state index contributed by atoms with van der Waals surface area (Å²) in [7, 11) is -3.74. The van der Waals surface area contributed by atoms with Crippen molar-refractivity contribution < 1.29 is 13.2 Å². The average molecular weight is 315 g/mol. The second-order valence-electron chi connectivity index (χ2n) is 5.00. The molecule has 0 fully saturated rings. The maximum absolute atomic E-state index is 12.0. The quantitative estimate of drug-likeness (QED) is 0.882. The Morgan fingerprint density at radius 3 is 2.41 bits per heavy atom. The zero-order valence-corrected chi connectivity index (χ0v) is 12.5. The molecule has 0 saturated carbocycles. The number of sulfonamides is 1. The minimum absolute atomic E-state index is 0.00330. The minimum atomic E-state index is -3.74. The van der Waals surface area contributed by atoms with E-state index in [0.29, 0.717) is 11.4 Å². The van der Waals surface area contributed by atoms with Crippen molar-refractivity contribution in [1.29, 1.82) is 0 Å². The summed E-state index contributed by atoms with van der Waals surface area (Å²) in [4.78, 5) is 16.3. The first-order chi connectivity index (χ1) is 10.3. The van der Waals surface area contributed by atoms with E-state index in [9.17, 15) is 13.2 Å². The molecular weight excluding hydrogens is 302 g/mol. The van der Waals surface area contributed by atoms with Crippen molar-refractivity contribution in [3.63, 3.8) is 0 Å². The van der Waals surface area contributed by atoms with Gasteiger partial charge in [-0.2, -0.15) is 0 Å². The van der Waals surface area contributed by atoms with Crippen LogP contribution >= 0.6 is 0 Å². The molecule has 1 amide bonds. The molecule has 2 aromatic carbocycles. The Morgan fingerprint density at radius 2 is 1.77 bits per heavy atom. The van der Waals surface area contributed by atoms with Crippen LogP contribution in [0.4, 0.5) is 11.4 Å². The predicted octanol–water partition coefficient (Wildman–Crippen LogP) is 1.72. The van der Waals surface area contributed by atoms with Crippen molar-refractivity contribution >= 4 is 33.0 Å². The third kappa shape index (κ3) is 2.63. The largest absolute Gasteiger partial charge is 0.320 e. The van der Waals surface area contributed by atoms with E-state index < -0.39 is 10.0 Å². The number of fused-ring (bicyclic) bond motifs is 1. The highest BCUT2D eigenvalue weighted by Gasteiger charge is 2.25. The van der Waals surface area contributed by atoms with Gasteiger partial charge in [-0.3, -0.25) is 4.79 Å². The number of benzene rings is 2. The van der Waals surface area contributed by atoms with E-state index in [-0.39, 0.29) is 10.8 Å². The highest BCUT2D eigenvalue weighted by Crippen LogP contribution is 2.27. The van der Waals surface area contributed by atoms with Gasteiger partial charge in [0.2, 0.25) is 10.0 Å². The van der Waals surface area contributed by atoms with Crippen LogP contribution in [0.1, 0.15) is 11.1 Å². The molecule has 0 spiro atoms. The van der Waals surface area contributed by atoms with E-state index in [1.807, 2.05) is 25.1 Å². The first-order valence-electron chi connectivity index (χ1n) is 6.48. The molecule has 1 aliphatic rings. The highest BCUT2D eigenvalue weighted by molar-refractivity contribution is 7.89. The Bertz CT molecular complexity index is 900. The fourth-order valence-corrected chi connectivity index (χ4v) is 2.73. The summed E-state index contributed by atoms with van der Waals surface area (Å²) in [5.74, 6) is -0.281. The smallest absolute Gasteiger partial charge is 0.275 e. The lowest BCUT2D eigenvalue weighted by Crippen LogP contribution is -2.14. The number of aliphatic imine (C=N–C) groups is 1. The van der Waals surface area contributed by atoms with Crippen LogP contribution in [-0.2, 0) is 14.8 Å². The molecule has 6 nitrogen and oxygen atoms in total. The number of nitrogens with one attached hydrogen (secondary N) is 1. The molecule has 3 N–H and O–H groups in total. The van der Waals surface area contributed by atoms with Crippen molar-refractivity contribution in [2.24, 2.45) is 10.1 Å². The molecule has 0 saturated heterocycles. The maximum Gasteiger partial charge on any atom is 0.275 e. The third-order valence-corrected chi connectivity index (χ3v) is 4.23. The van der Waals surface area contributed by atoms with Crippen LogP contribution in [-0.4, -0.2) is 20.0 Å². The van der Waals surface area contributed by atoms with Gasteiger partial charge in [-0.15, -0.1) is 0 Å². The van der Waals surface area contributed by atoms with Gasteiger partial charge in [-0.1, -0.05) is 11.6 Å². The molecule has 112 valence electrons. The number of primary sulfonamides is 1. The van der Waals surface area contributed by atoms with Crippen LogP contribution in [0.3, 0.4) is 0 Å². The number of amides is 1. The van der Waals surface area contributed by atoms with Crippen LogP contribution < -0.4 is 10.5 Å². The topological polar surface area (TPSA) is 102 Å². The Hall–Kier alpha value is -2.51. The predicted molar refractivity (Wildman–Crippen MR) is 83.8 cm³/mol. The molecule has 22 heavy (non-hydrogen) atoms. The fraction of sp³-hybridized carbons (Fsp3) is 0.0667. The number of aryl methyl sites for hydroxylation is 1. The van der Waals surface area contributed by atoms with Crippen molar-refractivity contribution in [2.45, 2.75) is 11.8 Å². The number of nitrogens with two attached hydrogens (primary N) is 1. The van der Waals surface area contributed by atoms with Crippen molar-refractivity contribution in [3.05, 3.63) is 53.6 Å². The lowest BCUT2D eigenvalue weighted by molar-refractivity contribution is -0.110. The molecule has 0 aliphatic carbocycles. The first kappa shape index (κ1) is 14.4. The zero-order valence-electron chi connectivity index (χ0n) is 11.7. The van der Waals surface area contributed by atoms with Crippen molar-refractivity contribution in [2.75, 3.05) is 5.32 Å². The van der Waals surface area contributed by atoms with Gasteiger partial charge in [0, 0.05) is 5.56 Å². The molecule has 0 bridgehead atoms. The SMILES string of the molecule is Cc1ccc2c(c1)C(=Nc1ccc(S(N)(=O)=O)cc1)C(=O)N2. The second kappa shape index (κ2) is 5.04. The molecule has 1 aliphatic heterocycles. The second-order valence-corrected chi connectivity index (χ2v) is 6.56. The third-order valence-electron chi connectivity index (χ3n) is 3.30. The number of carbonyl (C=O) groups excluding carboxylic acids is 1. The van der Waals surface area contributed by atoms with Crippen molar-refractivity contribution in [1.82, 2.24) is 0 Å². The van der Waals surface area contributed by atoms with E-state index in [2.05, 4.69) is 10.3 Å². The summed E-state index contributed by atoms with van der Waals surface area (Å²) in [6, 6.07) is 11.3. The minimum Gasteiger partial charge on any atom is -0.320 e. The van der Waals surface area contributed by atoms with Crippen LogP contribution in [0, 0.1) is 6.92 Å². The van der Waals surface area contributed by atoms with Crippen LogP contribution in [0.2, 0.25) is 0 Å². The average Bonchev–Trinajstić information content (AvgIpc) is 2.75. The summed E-state index contributed by atoms with van der Waals surface area (Å²) in [6.45, 7) is 1.93. The molecule has 0 atom stereocenters. The fourth-order valence-electron chi connectivity index (χ4n) is 2.22. The van der Waals surface area contributed by atoms with E-state index in [0.717, 1.165) is 16.8 Å². The van der Waals surface area contributed by atoms with Crippen LogP contribution in [0.25, 0.3) is 0 Å². The summed E-state index contributed by atoms with van der Waals surface area (Å²) in [5.41, 5.74) is 3.26. The number of anilines is 1. The molecule has 7 heteroatoms. The summed E-state index contributed by atoms with van der Waals surface area (Å²) in [5, 5.41) is 7.79. The lowest BCUT2D eigenvalue weighted by Gasteiger charge is -2.01. The molecule has 1 heterocycles. The summed E-state index contributed by atoms with van der Waals surface area (Å²) in [6.07, 6.45) is 0.